The summed E-state index contributed by atoms with van der Waals surface area (Å²) in [6.45, 7) is 0.595. The third-order valence-corrected chi connectivity index (χ3v) is 1.26. The van der Waals surface area contributed by atoms with Gasteiger partial charge in [0.2, 0.25) is 6.29 Å². The predicted octanol–water partition coefficient (Wildman–Crippen LogP) is 0.597. The first kappa shape index (κ1) is 6.71. The van der Waals surface area contributed by atoms with Crippen molar-refractivity contribution in [2.75, 3.05) is 6.61 Å². The van der Waals surface area contributed by atoms with Crippen molar-refractivity contribution >= 4 is 6.29 Å². The summed E-state index contributed by atoms with van der Waals surface area (Å²) in [5.41, 5.74) is 0. The highest BCUT2D eigenvalue weighted by Gasteiger charge is 2.12. The fourth-order valence-corrected chi connectivity index (χ4v) is 0.748. The van der Waals surface area contributed by atoms with Gasteiger partial charge in [0.15, 0.2) is 6.10 Å². The highest BCUT2D eigenvalue weighted by Crippen LogP contribution is 2.08. The number of carbonyl (C=O) groups excluding carboxylic acids is 1. The first-order valence-electron chi connectivity index (χ1n) is 3.09. The van der Waals surface area contributed by atoms with Crippen molar-refractivity contribution in [3.63, 3.8) is 0 Å². The fourth-order valence-electron chi connectivity index (χ4n) is 0.748. The maximum atomic E-state index is 9.98. The zero-order valence-electron chi connectivity index (χ0n) is 5.13. The SMILES string of the molecule is O=[C]C1CCCCOO1. The molecular formula is C6H9O3. The van der Waals surface area contributed by atoms with Crippen LogP contribution in [0.5, 0.6) is 0 Å². The molecular weight excluding hydrogens is 120 g/mol. The smallest absolute Gasteiger partial charge is 0.233 e. The van der Waals surface area contributed by atoms with E-state index in [0.717, 1.165) is 19.3 Å². The summed E-state index contributed by atoms with van der Waals surface area (Å²) in [7, 11) is 0. The van der Waals surface area contributed by atoms with E-state index in [1.807, 2.05) is 0 Å². The van der Waals surface area contributed by atoms with Crippen molar-refractivity contribution in [3.05, 3.63) is 0 Å². The number of hydrogen-bond donors (Lipinski definition) is 0. The molecule has 0 N–H and O–H groups in total. The lowest BCUT2D eigenvalue weighted by atomic mass is 10.2. The molecule has 0 spiro atoms. The van der Waals surface area contributed by atoms with Crippen LogP contribution < -0.4 is 0 Å². The average Bonchev–Trinajstić information content (AvgIpc) is 2.13. The predicted molar refractivity (Wildman–Crippen MR) is 30.4 cm³/mol. The summed E-state index contributed by atoms with van der Waals surface area (Å²) in [6.07, 6.45) is 3.99. The van der Waals surface area contributed by atoms with Crippen LogP contribution in [0.25, 0.3) is 0 Å². The highest BCUT2D eigenvalue weighted by atomic mass is 17.2. The van der Waals surface area contributed by atoms with Gasteiger partial charge in [0.05, 0.1) is 6.61 Å². The van der Waals surface area contributed by atoms with Gasteiger partial charge in [-0.15, -0.1) is 0 Å². The number of hydrogen-bond acceptors (Lipinski definition) is 3. The van der Waals surface area contributed by atoms with Gasteiger partial charge in [-0.2, -0.15) is 0 Å². The van der Waals surface area contributed by atoms with Gasteiger partial charge in [-0.05, 0) is 19.3 Å². The Bertz CT molecular complexity index is 84.3. The van der Waals surface area contributed by atoms with E-state index in [1.165, 1.54) is 0 Å². The molecule has 0 aromatic heterocycles. The summed E-state index contributed by atoms with van der Waals surface area (Å²) in [6, 6.07) is 0. The zero-order valence-corrected chi connectivity index (χ0v) is 5.13. The van der Waals surface area contributed by atoms with Crippen molar-refractivity contribution in [1.82, 2.24) is 0 Å². The second-order valence-electron chi connectivity index (χ2n) is 2.02. The lowest BCUT2D eigenvalue weighted by molar-refractivity contribution is -0.302. The molecule has 0 aromatic rings. The van der Waals surface area contributed by atoms with E-state index in [-0.39, 0.29) is 0 Å². The molecule has 51 valence electrons. The van der Waals surface area contributed by atoms with Gasteiger partial charge in [-0.1, -0.05) is 0 Å². The van der Waals surface area contributed by atoms with Gasteiger partial charge in [-0.3, -0.25) is 4.79 Å². The minimum Gasteiger partial charge on any atom is -0.288 e. The molecule has 3 heteroatoms. The molecule has 1 fully saturated rings. The van der Waals surface area contributed by atoms with Crippen molar-refractivity contribution in [2.45, 2.75) is 25.4 Å². The monoisotopic (exact) mass is 129 g/mol. The van der Waals surface area contributed by atoms with Crippen LogP contribution in [0.3, 0.4) is 0 Å². The highest BCUT2D eigenvalue weighted by molar-refractivity contribution is 5.56. The van der Waals surface area contributed by atoms with Crippen LogP contribution in [0.2, 0.25) is 0 Å². The second-order valence-corrected chi connectivity index (χ2v) is 2.02. The van der Waals surface area contributed by atoms with Crippen LogP contribution in [0, 0.1) is 0 Å². The van der Waals surface area contributed by atoms with E-state index in [1.54, 1.807) is 6.29 Å². The second kappa shape index (κ2) is 3.58. The van der Waals surface area contributed by atoms with Gasteiger partial charge in [0.1, 0.15) is 0 Å². The Morgan fingerprint density at radius 1 is 1.44 bits per heavy atom. The summed E-state index contributed by atoms with van der Waals surface area (Å²) >= 11 is 0. The van der Waals surface area contributed by atoms with Crippen molar-refractivity contribution in [2.24, 2.45) is 0 Å². The first-order chi connectivity index (χ1) is 4.43. The standard InChI is InChI=1S/C6H9O3/c7-5-6-3-1-2-4-8-9-6/h6H,1-4H2. The normalized spacial score (nSPS) is 29.1. The zero-order chi connectivity index (χ0) is 6.53. The first-order valence-corrected chi connectivity index (χ1v) is 3.09. The molecule has 1 saturated heterocycles. The maximum Gasteiger partial charge on any atom is 0.233 e. The Morgan fingerprint density at radius 3 is 3.11 bits per heavy atom. The van der Waals surface area contributed by atoms with Gasteiger partial charge < -0.3 is 0 Å². The molecule has 0 amide bonds. The minimum absolute atomic E-state index is 0.451. The fraction of sp³-hybridized carbons (Fsp3) is 0.833. The molecule has 1 atom stereocenters. The Balaban J connectivity index is 2.26. The van der Waals surface area contributed by atoms with Crippen LogP contribution in [-0.2, 0) is 14.6 Å². The van der Waals surface area contributed by atoms with E-state index in [4.69, 9.17) is 0 Å². The quantitative estimate of drug-likeness (QED) is 0.486. The minimum atomic E-state index is -0.451. The molecule has 1 aliphatic heterocycles. The van der Waals surface area contributed by atoms with Crippen molar-refractivity contribution < 1.29 is 14.6 Å². The molecule has 1 unspecified atom stereocenters. The average molecular weight is 129 g/mol. The molecule has 3 nitrogen and oxygen atoms in total. The molecule has 0 saturated carbocycles. The van der Waals surface area contributed by atoms with Crippen molar-refractivity contribution in [3.8, 4) is 0 Å². The molecule has 0 aromatic carbocycles. The lowest BCUT2D eigenvalue weighted by Gasteiger charge is -2.01. The molecule has 1 heterocycles. The molecule has 0 aliphatic carbocycles. The van der Waals surface area contributed by atoms with Gasteiger partial charge in [0, 0.05) is 0 Å². The number of rotatable bonds is 1. The van der Waals surface area contributed by atoms with Crippen LogP contribution in [0.4, 0.5) is 0 Å². The van der Waals surface area contributed by atoms with Crippen LogP contribution in [-0.4, -0.2) is 19.0 Å². The third kappa shape index (κ3) is 2.11. The Morgan fingerprint density at radius 2 is 2.33 bits per heavy atom. The van der Waals surface area contributed by atoms with E-state index in [9.17, 15) is 4.79 Å². The molecule has 9 heavy (non-hydrogen) atoms. The van der Waals surface area contributed by atoms with Crippen LogP contribution >= 0.6 is 0 Å². The molecule has 1 rings (SSSR count). The topological polar surface area (TPSA) is 35.5 Å². The summed E-state index contributed by atoms with van der Waals surface area (Å²) < 4.78 is 0. The van der Waals surface area contributed by atoms with Gasteiger partial charge >= 0.3 is 0 Å². The molecule has 0 bridgehead atoms. The third-order valence-electron chi connectivity index (χ3n) is 1.26. The van der Waals surface area contributed by atoms with E-state index in [0.29, 0.717) is 6.61 Å². The van der Waals surface area contributed by atoms with Gasteiger partial charge in [0.25, 0.3) is 0 Å². The summed E-state index contributed by atoms with van der Waals surface area (Å²) in [5.74, 6) is 0. The largest absolute Gasteiger partial charge is 0.288 e. The van der Waals surface area contributed by atoms with Crippen LogP contribution in [0.15, 0.2) is 0 Å². The van der Waals surface area contributed by atoms with Gasteiger partial charge in [-0.25, -0.2) is 9.78 Å². The Labute approximate surface area is 53.9 Å². The summed E-state index contributed by atoms with van der Waals surface area (Å²) in [5, 5.41) is 0. The maximum absolute atomic E-state index is 9.98. The van der Waals surface area contributed by atoms with E-state index < -0.39 is 6.10 Å². The Hall–Kier alpha value is -0.410. The Kier molecular flexibility index (Phi) is 2.67. The lowest BCUT2D eigenvalue weighted by Crippen LogP contribution is -2.11. The van der Waals surface area contributed by atoms with Crippen LogP contribution in [0.1, 0.15) is 19.3 Å². The summed E-state index contributed by atoms with van der Waals surface area (Å²) in [4.78, 5) is 19.2. The molecule has 1 aliphatic rings. The molecule has 1 radical (unpaired) electrons. The van der Waals surface area contributed by atoms with Crippen molar-refractivity contribution in [1.29, 1.82) is 0 Å². The van der Waals surface area contributed by atoms with E-state index in [2.05, 4.69) is 9.78 Å². The van der Waals surface area contributed by atoms with E-state index >= 15 is 0 Å².